The second-order valence-corrected chi connectivity index (χ2v) is 12.8. The van der Waals surface area contributed by atoms with Gasteiger partial charge < -0.3 is 5.32 Å². The summed E-state index contributed by atoms with van der Waals surface area (Å²) in [6.45, 7) is 1.02. The SMILES string of the molecule is O=C(Nc1cccc(S(=O)(=O)N2CCCC2)c1)[C@H]1Cc2ccccc2CN1S(=O)(=O)c1ccccc1. The van der Waals surface area contributed by atoms with Crippen LogP contribution in [0.3, 0.4) is 0 Å². The third-order valence-corrected chi connectivity index (χ3v) is 10.4. The highest BCUT2D eigenvalue weighted by Crippen LogP contribution is 2.30. The minimum atomic E-state index is -3.96. The van der Waals surface area contributed by atoms with E-state index in [0.29, 0.717) is 18.8 Å². The van der Waals surface area contributed by atoms with E-state index in [1.54, 1.807) is 30.3 Å². The maximum atomic E-state index is 13.6. The molecule has 3 aromatic carbocycles. The van der Waals surface area contributed by atoms with Crippen LogP contribution < -0.4 is 5.32 Å². The number of nitrogens with one attached hydrogen (secondary N) is 1. The van der Waals surface area contributed by atoms with Gasteiger partial charge in [-0.3, -0.25) is 4.79 Å². The molecule has 36 heavy (non-hydrogen) atoms. The highest BCUT2D eigenvalue weighted by molar-refractivity contribution is 7.89. The summed E-state index contributed by atoms with van der Waals surface area (Å²) in [5.41, 5.74) is 2.05. The minimum absolute atomic E-state index is 0.0644. The zero-order valence-corrected chi connectivity index (χ0v) is 21.2. The summed E-state index contributed by atoms with van der Waals surface area (Å²) in [5.74, 6) is -0.514. The molecule has 10 heteroatoms. The molecule has 8 nitrogen and oxygen atoms in total. The number of benzene rings is 3. The van der Waals surface area contributed by atoms with Crippen molar-refractivity contribution in [1.82, 2.24) is 8.61 Å². The molecule has 0 radical (unpaired) electrons. The number of sulfonamides is 2. The molecule has 0 spiro atoms. The largest absolute Gasteiger partial charge is 0.325 e. The van der Waals surface area contributed by atoms with Crippen molar-refractivity contribution in [2.45, 2.75) is 41.6 Å². The van der Waals surface area contributed by atoms with Crippen molar-refractivity contribution in [1.29, 1.82) is 0 Å². The van der Waals surface area contributed by atoms with E-state index in [1.807, 2.05) is 24.3 Å². The number of anilines is 1. The quantitative estimate of drug-likeness (QED) is 0.532. The Bertz CT molecular complexity index is 1480. The van der Waals surface area contributed by atoms with E-state index < -0.39 is 32.0 Å². The number of fused-ring (bicyclic) bond motifs is 1. The van der Waals surface area contributed by atoms with Crippen molar-refractivity contribution < 1.29 is 21.6 Å². The average Bonchev–Trinajstić information content (AvgIpc) is 3.45. The van der Waals surface area contributed by atoms with Crippen LogP contribution in [0.4, 0.5) is 5.69 Å². The van der Waals surface area contributed by atoms with Crippen molar-refractivity contribution in [3.8, 4) is 0 Å². The number of carbonyl (C=O) groups excluding carboxylic acids is 1. The van der Waals surface area contributed by atoms with Crippen LogP contribution in [0.5, 0.6) is 0 Å². The number of hydrogen-bond donors (Lipinski definition) is 1. The molecule has 1 amide bonds. The Morgan fingerprint density at radius 1 is 0.750 bits per heavy atom. The molecule has 188 valence electrons. The van der Waals surface area contributed by atoms with Crippen molar-refractivity contribution in [3.63, 3.8) is 0 Å². The molecular weight excluding hydrogens is 498 g/mol. The first kappa shape index (κ1) is 24.6. The number of rotatable bonds is 6. The predicted molar refractivity (Wildman–Crippen MR) is 136 cm³/mol. The van der Waals surface area contributed by atoms with Crippen molar-refractivity contribution in [3.05, 3.63) is 90.0 Å². The van der Waals surface area contributed by atoms with Gasteiger partial charge in [-0.2, -0.15) is 8.61 Å². The lowest BCUT2D eigenvalue weighted by Crippen LogP contribution is -2.50. The first-order chi connectivity index (χ1) is 17.3. The summed E-state index contributed by atoms with van der Waals surface area (Å²) in [7, 11) is -7.62. The standard InChI is InChI=1S/C26H27N3O5S2/c30-26(27-22-11-8-14-24(18-22)35(31,32)28-15-6-7-16-28)25-17-20-9-4-5-10-21(20)19-29(25)36(33,34)23-12-2-1-3-13-23/h1-5,8-14,18,25H,6-7,15-17,19H2,(H,27,30)/t25-/m1/s1. The summed E-state index contributed by atoms with van der Waals surface area (Å²) in [6.07, 6.45) is 1.86. The van der Waals surface area contributed by atoms with Crippen LogP contribution in [0.2, 0.25) is 0 Å². The number of amides is 1. The molecule has 1 saturated heterocycles. The Balaban J connectivity index is 1.45. The summed E-state index contributed by atoms with van der Waals surface area (Å²) < 4.78 is 55.7. The van der Waals surface area contributed by atoms with Gasteiger partial charge in [0.15, 0.2) is 0 Å². The van der Waals surface area contributed by atoms with Crippen LogP contribution in [0.1, 0.15) is 24.0 Å². The maximum Gasteiger partial charge on any atom is 0.244 e. The molecule has 2 heterocycles. The van der Waals surface area contributed by atoms with E-state index in [1.165, 1.54) is 32.9 Å². The Labute approximate surface area is 211 Å². The van der Waals surface area contributed by atoms with Crippen molar-refractivity contribution in [2.75, 3.05) is 18.4 Å². The van der Waals surface area contributed by atoms with Gasteiger partial charge in [0, 0.05) is 25.3 Å². The monoisotopic (exact) mass is 525 g/mol. The third-order valence-electron chi connectivity index (χ3n) is 6.66. The van der Waals surface area contributed by atoms with Gasteiger partial charge in [-0.1, -0.05) is 48.5 Å². The summed E-state index contributed by atoms with van der Waals surface area (Å²) >= 11 is 0. The zero-order valence-electron chi connectivity index (χ0n) is 19.6. The van der Waals surface area contributed by atoms with Crippen LogP contribution in [0.25, 0.3) is 0 Å². The lowest BCUT2D eigenvalue weighted by atomic mass is 9.95. The van der Waals surface area contributed by atoms with Gasteiger partial charge in [-0.05, 0) is 60.7 Å². The molecule has 1 N–H and O–H groups in total. The summed E-state index contributed by atoms with van der Waals surface area (Å²) in [5, 5.41) is 2.77. The molecule has 2 aliphatic rings. The summed E-state index contributed by atoms with van der Waals surface area (Å²) in [6, 6.07) is 20.6. The molecule has 2 aliphatic heterocycles. The fraction of sp³-hybridized carbons (Fsp3) is 0.269. The van der Waals surface area contributed by atoms with E-state index in [-0.39, 0.29) is 22.8 Å². The average molecular weight is 526 g/mol. The Morgan fingerprint density at radius 3 is 2.11 bits per heavy atom. The molecule has 5 rings (SSSR count). The first-order valence-electron chi connectivity index (χ1n) is 11.8. The van der Waals surface area contributed by atoms with Gasteiger partial charge in [0.25, 0.3) is 0 Å². The molecule has 0 aromatic heterocycles. The molecule has 0 saturated carbocycles. The second kappa shape index (κ2) is 9.78. The van der Waals surface area contributed by atoms with Crippen LogP contribution in [-0.2, 0) is 37.8 Å². The van der Waals surface area contributed by atoms with E-state index in [4.69, 9.17) is 0 Å². The summed E-state index contributed by atoms with van der Waals surface area (Å²) in [4.78, 5) is 13.7. The Morgan fingerprint density at radius 2 is 1.39 bits per heavy atom. The lowest BCUT2D eigenvalue weighted by Gasteiger charge is -2.35. The Hall–Kier alpha value is -3.05. The van der Waals surface area contributed by atoms with Crippen molar-refractivity contribution in [2.24, 2.45) is 0 Å². The molecule has 0 aliphatic carbocycles. The van der Waals surface area contributed by atoms with Crippen LogP contribution >= 0.6 is 0 Å². The number of carbonyl (C=O) groups is 1. The van der Waals surface area contributed by atoms with Crippen LogP contribution in [-0.4, -0.2) is 50.5 Å². The van der Waals surface area contributed by atoms with Gasteiger partial charge in [-0.15, -0.1) is 0 Å². The fourth-order valence-corrected chi connectivity index (χ4v) is 7.89. The molecule has 1 atom stereocenters. The van der Waals surface area contributed by atoms with E-state index >= 15 is 0 Å². The third kappa shape index (κ3) is 4.69. The van der Waals surface area contributed by atoms with E-state index in [9.17, 15) is 21.6 Å². The molecule has 1 fully saturated rings. The second-order valence-electron chi connectivity index (χ2n) is 8.98. The Kier molecular flexibility index (Phi) is 6.69. The van der Waals surface area contributed by atoms with Crippen LogP contribution in [0, 0.1) is 0 Å². The smallest absolute Gasteiger partial charge is 0.244 e. The van der Waals surface area contributed by atoms with E-state index in [0.717, 1.165) is 24.0 Å². The zero-order chi connectivity index (χ0) is 25.3. The highest BCUT2D eigenvalue weighted by Gasteiger charge is 2.39. The number of hydrogen-bond acceptors (Lipinski definition) is 5. The van der Waals surface area contributed by atoms with Gasteiger partial charge in [0.1, 0.15) is 6.04 Å². The molecule has 0 bridgehead atoms. The highest BCUT2D eigenvalue weighted by atomic mass is 32.2. The van der Waals surface area contributed by atoms with E-state index in [2.05, 4.69) is 5.32 Å². The van der Waals surface area contributed by atoms with Crippen molar-refractivity contribution >= 4 is 31.6 Å². The number of nitrogens with zero attached hydrogens (tertiary/aromatic N) is 2. The van der Waals surface area contributed by atoms with Gasteiger partial charge in [0.2, 0.25) is 26.0 Å². The fourth-order valence-electron chi connectivity index (χ4n) is 4.74. The predicted octanol–water partition coefficient (Wildman–Crippen LogP) is 3.23. The minimum Gasteiger partial charge on any atom is -0.325 e. The molecule has 0 unspecified atom stereocenters. The van der Waals surface area contributed by atoms with Gasteiger partial charge in [0.05, 0.1) is 9.79 Å². The normalized spacial score (nSPS) is 19.1. The van der Waals surface area contributed by atoms with Crippen LogP contribution in [0.15, 0.2) is 88.7 Å². The first-order valence-corrected chi connectivity index (χ1v) is 14.7. The lowest BCUT2D eigenvalue weighted by molar-refractivity contribution is -0.120. The maximum absolute atomic E-state index is 13.6. The molecular formula is C26H27N3O5S2. The van der Waals surface area contributed by atoms with Gasteiger partial charge in [-0.25, -0.2) is 16.8 Å². The van der Waals surface area contributed by atoms with Gasteiger partial charge >= 0.3 is 0 Å². The topological polar surface area (TPSA) is 104 Å². The molecule has 3 aromatic rings.